The van der Waals surface area contributed by atoms with E-state index in [1.165, 1.54) is 4.68 Å². The van der Waals surface area contributed by atoms with E-state index in [1.807, 2.05) is 30.3 Å². The van der Waals surface area contributed by atoms with E-state index in [9.17, 15) is 4.79 Å². The Kier molecular flexibility index (Phi) is 3.62. The predicted octanol–water partition coefficient (Wildman–Crippen LogP) is 1.52. The van der Waals surface area contributed by atoms with Gasteiger partial charge in [-0.2, -0.15) is 10.4 Å². The number of nitrogens with zero attached hydrogens (tertiary/aromatic N) is 3. The molecule has 0 bridgehead atoms. The number of methoxy groups -OCH3 is 1. The van der Waals surface area contributed by atoms with Crippen LogP contribution < -0.4 is 10.3 Å². The Morgan fingerprint density at radius 3 is 2.89 bits per heavy atom. The van der Waals surface area contributed by atoms with E-state index >= 15 is 0 Å². The highest BCUT2D eigenvalue weighted by Gasteiger charge is 2.08. The zero-order chi connectivity index (χ0) is 13.8. The van der Waals surface area contributed by atoms with Gasteiger partial charge in [0.1, 0.15) is 5.75 Å². The zero-order valence-electron chi connectivity index (χ0n) is 10.8. The second kappa shape index (κ2) is 5.36. The van der Waals surface area contributed by atoms with E-state index < -0.39 is 0 Å². The van der Waals surface area contributed by atoms with Gasteiger partial charge in [-0.15, -0.1) is 0 Å². The van der Waals surface area contributed by atoms with Gasteiger partial charge in [0.05, 0.1) is 25.3 Å². The lowest BCUT2D eigenvalue weighted by atomic mass is 10.1. The number of aromatic nitrogens is 2. The molecule has 0 fully saturated rings. The van der Waals surface area contributed by atoms with Crippen LogP contribution in [0.4, 0.5) is 0 Å². The molecule has 5 heteroatoms. The smallest absolute Gasteiger partial charge is 0.270 e. The number of nitriles is 1. The van der Waals surface area contributed by atoms with Gasteiger partial charge in [-0.3, -0.25) is 4.79 Å². The summed E-state index contributed by atoms with van der Waals surface area (Å²) in [4.78, 5) is 11.8. The molecule has 0 atom stereocenters. The van der Waals surface area contributed by atoms with Crippen molar-refractivity contribution in [2.45, 2.75) is 6.42 Å². The summed E-state index contributed by atoms with van der Waals surface area (Å²) in [6.07, 6.45) is 0.0756. The molecule has 1 aromatic carbocycles. The number of ether oxygens (including phenoxy) is 1. The number of hydrogen-bond acceptors (Lipinski definition) is 4. The van der Waals surface area contributed by atoms with Gasteiger partial charge >= 0.3 is 0 Å². The van der Waals surface area contributed by atoms with Crippen molar-refractivity contribution in [1.82, 2.24) is 9.78 Å². The summed E-state index contributed by atoms with van der Waals surface area (Å²) < 4.78 is 6.41. The SMILES string of the molecule is COc1cccc(-c2cc(CC#N)c(=O)n(C)n2)c1. The van der Waals surface area contributed by atoms with Crippen LogP contribution in [0.25, 0.3) is 11.3 Å². The minimum absolute atomic E-state index is 0.0756. The quantitative estimate of drug-likeness (QED) is 0.834. The lowest BCUT2D eigenvalue weighted by Gasteiger charge is -2.07. The summed E-state index contributed by atoms with van der Waals surface area (Å²) in [7, 11) is 3.17. The number of hydrogen-bond donors (Lipinski definition) is 0. The molecular weight excluding hydrogens is 242 g/mol. The van der Waals surface area contributed by atoms with Crippen LogP contribution in [0.5, 0.6) is 5.75 Å². The van der Waals surface area contributed by atoms with Crippen molar-refractivity contribution in [3.63, 3.8) is 0 Å². The number of rotatable bonds is 3. The van der Waals surface area contributed by atoms with Gasteiger partial charge < -0.3 is 4.74 Å². The molecule has 0 aliphatic rings. The third kappa shape index (κ3) is 2.63. The summed E-state index contributed by atoms with van der Waals surface area (Å²) in [6, 6.07) is 11.0. The third-order valence-corrected chi connectivity index (χ3v) is 2.77. The van der Waals surface area contributed by atoms with Crippen molar-refractivity contribution in [2.24, 2.45) is 7.05 Å². The molecule has 1 heterocycles. The highest BCUT2D eigenvalue weighted by molar-refractivity contribution is 5.61. The molecule has 0 spiro atoms. The van der Waals surface area contributed by atoms with Crippen LogP contribution in [0, 0.1) is 11.3 Å². The normalized spacial score (nSPS) is 9.95. The van der Waals surface area contributed by atoms with Gasteiger partial charge in [-0.1, -0.05) is 12.1 Å². The van der Waals surface area contributed by atoms with E-state index in [2.05, 4.69) is 5.10 Å². The highest BCUT2D eigenvalue weighted by Crippen LogP contribution is 2.21. The zero-order valence-corrected chi connectivity index (χ0v) is 10.8. The summed E-state index contributed by atoms with van der Waals surface area (Å²) >= 11 is 0. The predicted molar refractivity (Wildman–Crippen MR) is 70.8 cm³/mol. The van der Waals surface area contributed by atoms with E-state index in [1.54, 1.807) is 20.2 Å². The first-order valence-corrected chi connectivity index (χ1v) is 5.74. The molecule has 0 saturated carbocycles. The van der Waals surface area contributed by atoms with Crippen molar-refractivity contribution < 1.29 is 4.74 Å². The van der Waals surface area contributed by atoms with Crippen molar-refractivity contribution in [1.29, 1.82) is 5.26 Å². The highest BCUT2D eigenvalue weighted by atomic mass is 16.5. The van der Waals surface area contributed by atoms with Crippen LogP contribution in [0.1, 0.15) is 5.56 Å². The van der Waals surface area contributed by atoms with Gasteiger partial charge in [-0.05, 0) is 18.2 Å². The Bertz CT molecular complexity index is 699. The van der Waals surface area contributed by atoms with Gasteiger partial charge in [0.25, 0.3) is 5.56 Å². The molecule has 0 amide bonds. The van der Waals surface area contributed by atoms with Crippen molar-refractivity contribution in [3.8, 4) is 23.1 Å². The lowest BCUT2D eigenvalue weighted by molar-refractivity contribution is 0.415. The molecule has 2 rings (SSSR count). The van der Waals surface area contributed by atoms with E-state index in [0.29, 0.717) is 11.3 Å². The average Bonchev–Trinajstić information content (AvgIpc) is 2.44. The monoisotopic (exact) mass is 255 g/mol. The minimum atomic E-state index is -0.242. The maximum atomic E-state index is 11.8. The van der Waals surface area contributed by atoms with Crippen molar-refractivity contribution in [2.75, 3.05) is 7.11 Å². The molecule has 0 saturated heterocycles. The molecule has 0 N–H and O–H groups in total. The molecule has 0 radical (unpaired) electrons. The largest absolute Gasteiger partial charge is 0.497 e. The Balaban J connectivity index is 2.56. The molecule has 0 aliphatic heterocycles. The summed E-state index contributed by atoms with van der Waals surface area (Å²) in [5, 5.41) is 12.9. The fourth-order valence-electron chi connectivity index (χ4n) is 1.81. The molecule has 96 valence electrons. The molecule has 0 unspecified atom stereocenters. The lowest BCUT2D eigenvalue weighted by Crippen LogP contribution is -2.23. The first-order chi connectivity index (χ1) is 9.15. The fourth-order valence-corrected chi connectivity index (χ4v) is 1.81. The maximum absolute atomic E-state index is 11.8. The summed E-state index contributed by atoms with van der Waals surface area (Å²) in [5.41, 5.74) is 1.69. The van der Waals surface area contributed by atoms with E-state index in [4.69, 9.17) is 10.00 Å². The van der Waals surface area contributed by atoms with Crippen LogP contribution in [-0.2, 0) is 13.5 Å². The Labute approximate surface area is 110 Å². The van der Waals surface area contributed by atoms with Gasteiger partial charge in [0, 0.05) is 18.2 Å². The molecule has 19 heavy (non-hydrogen) atoms. The summed E-state index contributed by atoms with van der Waals surface area (Å²) in [6.45, 7) is 0. The number of aryl methyl sites for hydroxylation is 1. The first-order valence-electron chi connectivity index (χ1n) is 5.74. The van der Waals surface area contributed by atoms with Crippen LogP contribution in [0.15, 0.2) is 35.1 Å². The fraction of sp³-hybridized carbons (Fsp3) is 0.214. The Hall–Kier alpha value is -2.61. The molecule has 0 aliphatic carbocycles. The van der Waals surface area contributed by atoms with Crippen molar-refractivity contribution in [3.05, 3.63) is 46.2 Å². The van der Waals surface area contributed by atoms with Crippen LogP contribution >= 0.6 is 0 Å². The van der Waals surface area contributed by atoms with Gasteiger partial charge in [0.2, 0.25) is 0 Å². The Morgan fingerprint density at radius 1 is 1.42 bits per heavy atom. The molecule has 2 aromatic rings. The van der Waals surface area contributed by atoms with Crippen LogP contribution in [0.2, 0.25) is 0 Å². The third-order valence-electron chi connectivity index (χ3n) is 2.77. The molecule has 1 aromatic heterocycles. The minimum Gasteiger partial charge on any atom is -0.497 e. The summed E-state index contributed by atoms with van der Waals surface area (Å²) in [5.74, 6) is 0.718. The van der Waals surface area contributed by atoms with Crippen LogP contribution in [0.3, 0.4) is 0 Å². The van der Waals surface area contributed by atoms with Crippen molar-refractivity contribution >= 4 is 0 Å². The average molecular weight is 255 g/mol. The standard InChI is InChI=1S/C14H13N3O2/c1-17-14(18)11(6-7-15)9-13(16-17)10-4-3-5-12(8-10)19-2/h3-5,8-9H,6H2,1-2H3. The van der Waals surface area contributed by atoms with Crippen LogP contribution in [-0.4, -0.2) is 16.9 Å². The van der Waals surface area contributed by atoms with Gasteiger partial charge in [0.15, 0.2) is 0 Å². The maximum Gasteiger partial charge on any atom is 0.270 e. The second-order valence-electron chi connectivity index (χ2n) is 4.05. The van der Waals surface area contributed by atoms with Gasteiger partial charge in [-0.25, -0.2) is 4.68 Å². The van der Waals surface area contributed by atoms with E-state index in [-0.39, 0.29) is 12.0 Å². The second-order valence-corrected chi connectivity index (χ2v) is 4.05. The van der Waals surface area contributed by atoms with E-state index in [0.717, 1.165) is 11.3 Å². The first kappa shape index (κ1) is 12.8. The topological polar surface area (TPSA) is 67.9 Å². The molecule has 5 nitrogen and oxygen atoms in total. The number of benzene rings is 1. The molecular formula is C14H13N3O2. The Morgan fingerprint density at radius 2 is 2.21 bits per heavy atom.